The van der Waals surface area contributed by atoms with E-state index < -0.39 is 23.6 Å². The molecule has 0 aromatic heterocycles. The first kappa shape index (κ1) is 12.9. The Kier molecular flexibility index (Phi) is 3.83. The summed E-state index contributed by atoms with van der Waals surface area (Å²) in [6, 6.07) is 1.68. The van der Waals surface area contributed by atoms with Crippen LogP contribution in [0, 0.1) is 11.6 Å². The fourth-order valence-electron chi connectivity index (χ4n) is 1.70. The molecular formula is C10H10ClF2NO2. The first-order valence-electron chi connectivity index (χ1n) is 4.51. The molecule has 0 fully saturated rings. The summed E-state index contributed by atoms with van der Waals surface area (Å²) in [6.07, 6.45) is -0.0196. The Hall–Kier alpha value is -1.20. The summed E-state index contributed by atoms with van der Waals surface area (Å²) in [6.45, 7) is 0.253. The number of halogens is 3. The van der Waals surface area contributed by atoms with Crippen LogP contribution in [0.15, 0.2) is 12.1 Å². The van der Waals surface area contributed by atoms with E-state index in [2.05, 4.69) is 5.32 Å². The minimum atomic E-state index is -1.05. The third-order valence-corrected chi connectivity index (χ3v) is 2.54. The van der Waals surface area contributed by atoms with Gasteiger partial charge in [0, 0.05) is 13.0 Å². The zero-order valence-corrected chi connectivity index (χ0v) is 8.98. The van der Waals surface area contributed by atoms with E-state index in [4.69, 9.17) is 5.11 Å². The van der Waals surface area contributed by atoms with Crippen molar-refractivity contribution in [2.45, 2.75) is 19.0 Å². The molecule has 2 N–H and O–H groups in total. The van der Waals surface area contributed by atoms with E-state index >= 15 is 0 Å². The fraction of sp³-hybridized carbons (Fsp3) is 0.300. The monoisotopic (exact) mass is 249 g/mol. The van der Waals surface area contributed by atoms with Crippen LogP contribution in [0.2, 0.25) is 0 Å². The van der Waals surface area contributed by atoms with Crippen LogP contribution in [0.25, 0.3) is 0 Å². The molecule has 1 aromatic carbocycles. The molecule has 0 saturated heterocycles. The Bertz CT molecular complexity index is 426. The minimum absolute atomic E-state index is 0. The SMILES string of the molecule is Cl.O=C(O)C1Cc2c(ccc(F)c2F)CN1. The second kappa shape index (κ2) is 4.76. The van der Waals surface area contributed by atoms with Gasteiger partial charge in [0.1, 0.15) is 6.04 Å². The molecule has 0 bridgehead atoms. The predicted molar refractivity (Wildman–Crippen MR) is 55.6 cm³/mol. The Morgan fingerprint density at radius 3 is 2.75 bits per heavy atom. The van der Waals surface area contributed by atoms with Crippen LogP contribution in [0.1, 0.15) is 11.1 Å². The quantitative estimate of drug-likeness (QED) is 0.793. The number of nitrogens with one attached hydrogen (secondary N) is 1. The number of rotatable bonds is 1. The van der Waals surface area contributed by atoms with Crippen LogP contribution in [0.3, 0.4) is 0 Å². The smallest absolute Gasteiger partial charge is 0.321 e. The van der Waals surface area contributed by atoms with Gasteiger partial charge in [0.05, 0.1) is 0 Å². The van der Waals surface area contributed by atoms with E-state index in [1.54, 1.807) is 0 Å². The van der Waals surface area contributed by atoms with Gasteiger partial charge in [0.25, 0.3) is 0 Å². The van der Waals surface area contributed by atoms with Gasteiger partial charge in [0.2, 0.25) is 0 Å². The maximum atomic E-state index is 13.3. The van der Waals surface area contributed by atoms with Crippen LogP contribution in [0.5, 0.6) is 0 Å². The summed E-state index contributed by atoms with van der Waals surface area (Å²) in [7, 11) is 0. The summed E-state index contributed by atoms with van der Waals surface area (Å²) in [5.74, 6) is -2.91. The van der Waals surface area contributed by atoms with Crippen LogP contribution >= 0.6 is 12.4 Å². The number of fused-ring (bicyclic) bond motifs is 1. The normalized spacial score (nSPS) is 18.5. The average Bonchev–Trinajstić information content (AvgIpc) is 2.23. The van der Waals surface area contributed by atoms with Gasteiger partial charge in [-0.05, 0) is 17.2 Å². The lowest BCUT2D eigenvalue weighted by Gasteiger charge is -2.23. The summed E-state index contributed by atoms with van der Waals surface area (Å²) in [4.78, 5) is 10.7. The van der Waals surface area contributed by atoms with Gasteiger partial charge in [-0.25, -0.2) is 8.78 Å². The van der Waals surface area contributed by atoms with Gasteiger partial charge < -0.3 is 10.4 Å². The second-order valence-electron chi connectivity index (χ2n) is 3.47. The predicted octanol–water partition coefficient (Wildman–Crippen LogP) is 1.49. The van der Waals surface area contributed by atoms with Crippen molar-refractivity contribution in [2.24, 2.45) is 0 Å². The number of benzene rings is 1. The molecule has 1 aliphatic heterocycles. The number of carbonyl (C=O) groups is 1. The molecule has 3 nitrogen and oxygen atoms in total. The Morgan fingerprint density at radius 1 is 1.44 bits per heavy atom. The lowest BCUT2D eigenvalue weighted by Crippen LogP contribution is -2.42. The van der Waals surface area contributed by atoms with Crippen LogP contribution in [-0.2, 0) is 17.8 Å². The van der Waals surface area contributed by atoms with Crippen LogP contribution in [0.4, 0.5) is 8.78 Å². The maximum absolute atomic E-state index is 13.3. The van der Waals surface area contributed by atoms with Gasteiger partial charge in [0.15, 0.2) is 11.6 Å². The summed E-state index contributed by atoms with van der Waals surface area (Å²) in [5.41, 5.74) is 0.785. The molecule has 88 valence electrons. The first-order chi connectivity index (χ1) is 7.09. The zero-order valence-electron chi connectivity index (χ0n) is 8.17. The van der Waals surface area contributed by atoms with Crippen molar-refractivity contribution < 1.29 is 18.7 Å². The molecule has 1 aromatic rings. The molecule has 1 unspecified atom stereocenters. The van der Waals surface area contributed by atoms with Gasteiger partial charge in [-0.1, -0.05) is 6.07 Å². The zero-order chi connectivity index (χ0) is 11.0. The molecule has 2 rings (SSSR count). The highest BCUT2D eigenvalue weighted by molar-refractivity contribution is 5.85. The Labute approximate surface area is 96.9 Å². The van der Waals surface area contributed by atoms with Crippen molar-refractivity contribution in [2.75, 3.05) is 0 Å². The lowest BCUT2D eigenvalue weighted by atomic mass is 9.95. The molecule has 0 saturated carbocycles. The Balaban J connectivity index is 0.00000128. The van der Waals surface area contributed by atoms with Gasteiger partial charge >= 0.3 is 5.97 Å². The van der Waals surface area contributed by atoms with Gasteiger partial charge in [-0.3, -0.25) is 4.79 Å². The minimum Gasteiger partial charge on any atom is -0.480 e. The highest BCUT2D eigenvalue weighted by Gasteiger charge is 2.26. The fourth-order valence-corrected chi connectivity index (χ4v) is 1.70. The molecule has 0 aliphatic carbocycles. The van der Waals surface area contributed by atoms with E-state index in [-0.39, 0.29) is 30.9 Å². The summed E-state index contributed by atoms with van der Waals surface area (Å²) < 4.78 is 26.2. The van der Waals surface area contributed by atoms with Crippen molar-refractivity contribution in [1.82, 2.24) is 5.32 Å². The molecule has 0 radical (unpaired) electrons. The first-order valence-corrected chi connectivity index (χ1v) is 4.51. The number of aliphatic carboxylic acids is 1. The van der Waals surface area contributed by atoms with Crippen molar-refractivity contribution in [3.63, 3.8) is 0 Å². The Morgan fingerprint density at radius 2 is 2.12 bits per heavy atom. The molecule has 16 heavy (non-hydrogen) atoms. The third kappa shape index (κ3) is 2.15. The molecule has 1 heterocycles. The second-order valence-corrected chi connectivity index (χ2v) is 3.47. The molecule has 6 heteroatoms. The van der Waals surface area contributed by atoms with E-state index in [1.165, 1.54) is 6.07 Å². The molecule has 1 atom stereocenters. The maximum Gasteiger partial charge on any atom is 0.321 e. The number of hydrogen-bond acceptors (Lipinski definition) is 2. The van der Waals surface area contributed by atoms with Gasteiger partial charge in [-0.15, -0.1) is 12.4 Å². The molecule has 0 amide bonds. The third-order valence-electron chi connectivity index (χ3n) is 2.54. The van der Waals surface area contributed by atoms with Crippen molar-refractivity contribution >= 4 is 18.4 Å². The van der Waals surface area contributed by atoms with Crippen molar-refractivity contribution in [3.8, 4) is 0 Å². The topological polar surface area (TPSA) is 49.3 Å². The standard InChI is InChI=1S/C10H9F2NO2.ClH/c11-7-2-1-5-4-13-8(10(14)15)3-6(5)9(7)12;/h1-2,8,13H,3-4H2,(H,14,15);1H. The summed E-state index contributed by atoms with van der Waals surface area (Å²) >= 11 is 0. The number of hydrogen-bond donors (Lipinski definition) is 2. The van der Waals surface area contributed by atoms with E-state index in [0.29, 0.717) is 5.56 Å². The van der Waals surface area contributed by atoms with Crippen molar-refractivity contribution in [3.05, 3.63) is 34.9 Å². The molecule has 1 aliphatic rings. The number of carboxylic acid groups (broad SMARTS) is 1. The molecule has 0 spiro atoms. The largest absolute Gasteiger partial charge is 0.480 e. The van der Waals surface area contributed by atoms with Crippen LogP contribution < -0.4 is 5.32 Å². The highest BCUT2D eigenvalue weighted by atomic mass is 35.5. The average molecular weight is 250 g/mol. The molecular weight excluding hydrogens is 240 g/mol. The van der Waals surface area contributed by atoms with Crippen LogP contribution in [-0.4, -0.2) is 17.1 Å². The van der Waals surface area contributed by atoms with Gasteiger partial charge in [-0.2, -0.15) is 0 Å². The lowest BCUT2D eigenvalue weighted by molar-refractivity contribution is -0.139. The number of carboxylic acids is 1. The van der Waals surface area contributed by atoms with E-state index in [0.717, 1.165) is 6.07 Å². The highest BCUT2D eigenvalue weighted by Crippen LogP contribution is 2.22. The van der Waals surface area contributed by atoms with Crippen molar-refractivity contribution in [1.29, 1.82) is 0 Å². The summed E-state index contributed by atoms with van der Waals surface area (Å²) in [5, 5.41) is 11.5. The van der Waals surface area contributed by atoms with E-state index in [9.17, 15) is 13.6 Å². The van der Waals surface area contributed by atoms with E-state index in [1.807, 2.05) is 0 Å².